The molecule has 1 N–H and O–H groups in total. The van der Waals surface area contributed by atoms with E-state index in [0.29, 0.717) is 6.61 Å². The number of ether oxygens (including phenoxy) is 1. The van der Waals surface area contributed by atoms with Crippen LogP contribution in [0.25, 0.3) is 10.9 Å². The highest BCUT2D eigenvalue weighted by atomic mass is 16.5. The van der Waals surface area contributed by atoms with Crippen molar-refractivity contribution >= 4 is 16.6 Å². The number of aryl methyl sites for hydroxylation is 2. The number of hydrogen-bond acceptors (Lipinski definition) is 3. The third-order valence-corrected chi connectivity index (χ3v) is 2.71. The van der Waals surface area contributed by atoms with Crippen molar-refractivity contribution in [2.75, 3.05) is 25.6 Å². The second kappa shape index (κ2) is 5.15. The molecule has 0 spiro atoms. The zero-order valence-electron chi connectivity index (χ0n) is 10.6. The minimum absolute atomic E-state index is 0.703. The largest absolute Gasteiger partial charge is 0.383 e. The van der Waals surface area contributed by atoms with E-state index < -0.39 is 0 Å². The van der Waals surface area contributed by atoms with E-state index in [0.717, 1.165) is 23.4 Å². The number of benzene rings is 1. The van der Waals surface area contributed by atoms with Crippen LogP contribution in [0.5, 0.6) is 0 Å². The highest BCUT2D eigenvalue weighted by Gasteiger charge is 2.03. The van der Waals surface area contributed by atoms with Gasteiger partial charge in [0, 0.05) is 30.4 Å². The molecule has 0 aliphatic carbocycles. The Morgan fingerprint density at radius 2 is 2.06 bits per heavy atom. The minimum atomic E-state index is 0.703. The van der Waals surface area contributed by atoms with Crippen molar-refractivity contribution in [1.29, 1.82) is 0 Å². The Morgan fingerprint density at radius 1 is 1.24 bits per heavy atom. The Bertz CT molecular complexity index is 523. The van der Waals surface area contributed by atoms with Crippen LogP contribution in [-0.2, 0) is 4.74 Å². The van der Waals surface area contributed by atoms with Crippen LogP contribution >= 0.6 is 0 Å². The highest BCUT2D eigenvalue weighted by molar-refractivity contribution is 5.91. The normalized spacial score (nSPS) is 10.8. The molecule has 0 atom stereocenters. The third-order valence-electron chi connectivity index (χ3n) is 2.71. The lowest BCUT2D eigenvalue weighted by atomic mass is 10.1. The maximum atomic E-state index is 5.05. The van der Waals surface area contributed by atoms with E-state index in [1.807, 2.05) is 6.92 Å². The molecule has 0 fully saturated rings. The second-order valence-corrected chi connectivity index (χ2v) is 4.25. The topological polar surface area (TPSA) is 34.1 Å². The summed E-state index contributed by atoms with van der Waals surface area (Å²) >= 11 is 0. The van der Waals surface area contributed by atoms with Crippen molar-refractivity contribution < 1.29 is 4.74 Å². The molecule has 3 nitrogen and oxygen atoms in total. The summed E-state index contributed by atoms with van der Waals surface area (Å²) in [7, 11) is 1.71. The van der Waals surface area contributed by atoms with Crippen LogP contribution in [-0.4, -0.2) is 25.2 Å². The summed E-state index contributed by atoms with van der Waals surface area (Å²) in [5.41, 5.74) is 4.45. The summed E-state index contributed by atoms with van der Waals surface area (Å²) < 4.78 is 5.05. The van der Waals surface area contributed by atoms with Gasteiger partial charge in [0.2, 0.25) is 0 Å². The Labute approximate surface area is 102 Å². The van der Waals surface area contributed by atoms with Crippen LogP contribution in [0.2, 0.25) is 0 Å². The van der Waals surface area contributed by atoms with E-state index >= 15 is 0 Å². The van der Waals surface area contributed by atoms with E-state index in [-0.39, 0.29) is 0 Å². The van der Waals surface area contributed by atoms with E-state index in [4.69, 9.17) is 4.74 Å². The predicted octanol–water partition coefficient (Wildman–Crippen LogP) is 2.91. The lowest BCUT2D eigenvalue weighted by Crippen LogP contribution is -2.08. The van der Waals surface area contributed by atoms with Crippen molar-refractivity contribution in [2.24, 2.45) is 0 Å². The molecule has 1 heterocycles. The van der Waals surface area contributed by atoms with Crippen molar-refractivity contribution in [3.63, 3.8) is 0 Å². The van der Waals surface area contributed by atoms with Gasteiger partial charge in [0.1, 0.15) is 0 Å². The smallest absolute Gasteiger partial charge is 0.0726 e. The van der Waals surface area contributed by atoms with Gasteiger partial charge in [-0.1, -0.05) is 11.6 Å². The van der Waals surface area contributed by atoms with Crippen LogP contribution in [0.4, 0.5) is 5.69 Å². The van der Waals surface area contributed by atoms with Crippen molar-refractivity contribution in [2.45, 2.75) is 13.8 Å². The van der Waals surface area contributed by atoms with Crippen LogP contribution in [0, 0.1) is 13.8 Å². The molecule has 0 aliphatic heterocycles. The molecule has 2 aromatic rings. The van der Waals surface area contributed by atoms with Gasteiger partial charge in [-0.2, -0.15) is 0 Å². The summed E-state index contributed by atoms with van der Waals surface area (Å²) in [4.78, 5) is 4.53. The first-order valence-electron chi connectivity index (χ1n) is 5.81. The Hall–Kier alpha value is -1.61. The number of rotatable bonds is 4. The van der Waals surface area contributed by atoms with Crippen molar-refractivity contribution in [3.05, 3.63) is 35.5 Å². The van der Waals surface area contributed by atoms with Gasteiger partial charge < -0.3 is 10.1 Å². The Morgan fingerprint density at radius 3 is 2.82 bits per heavy atom. The molecule has 1 aromatic heterocycles. The average Bonchev–Trinajstić information content (AvgIpc) is 2.30. The first-order valence-corrected chi connectivity index (χ1v) is 5.81. The quantitative estimate of drug-likeness (QED) is 0.820. The number of fused-ring (bicyclic) bond motifs is 1. The van der Waals surface area contributed by atoms with Crippen LogP contribution < -0.4 is 5.32 Å². The third kappa shape index (κ3) is 2.74. The summed E-state index contributed by atoms with van der Waals surface area (Å²) in [6.07, 6.45) is 0. The standard InChI is InChI=1S/C14H18N2O/c1-10-4-5-13-12(8-10)14(9-11(2)16-13)15-6-7-17-3/h4-5,8-9H,6-7H2,1-3H3,(H,15,16). The average molecular weight is 230 g/mol. The monoisotopic (exact) mass is 230 g/mol. The van der Waals surface area contributed by atoms with Gasteiger partial charge in [-0.3, -0.25) is 4.98 Å². The minimum Gasteiger partial charge on any atom is -0.383 e. The summed E-state index contributed by atoms with van der Waals surface area (Å²) in [5.74, 6) is 0. The SMILES string of the molecule is COCCNc1cc(C)nc2ccc(C)cc12. The molecule has 90 valence electrons. The Balaban J connectivity index is 2.40. The molecule has 0 bridgehead atoms. The number of nitrogens with one attached hydrogen (secondary N) is 1. The summed E-state index contributed by atoms with van der Waals surface area (Å²) in [6, 6.07) is 8.40. The Kier molecular flexibility index (Phi) is 3.59. The number of pyridine rings is 1. The van der Waals surface area contributed by atoms with Crippen LogP contribution in [0.1, 0.15) is 11.3 Å². The molecular weight excluding hydrogens is 212 g/mol. The highest BCUT2D eigenvalue weighted by Crippen LogP contribution is 2.24. The molecule has 17 heavy (non-hydrogen) atoms. The number of aromatic nitrogens is 1. The van der Waals surface area contributed by atoms with E-state index in [1.165, 1.54) is 10.9 Å². The fraction of sp³-hybridized carbons (Fsp3) is 0.357. The number of nitrogens with zero attached hydrogens (tertiary/aromatic N) is 1. The molecular formula is C14H18N2O. The lowest BCUT2D eigenvalue weighted by Gasteiger charge is -2.11. The van der Waals surface area contributed by atoms with Gasteiger partial charge in [-0.25, -0.2) is 0 Å². The first-order chi connectivity index (χ1) is 8.20. The number of anilines is 1. The molecule has 0 amide bonds. The zero-order valence-corrected chi connectivity index (χ0v) is 10.6. The van der Waals surface area contributed by atoms with Gasteiger partial charge in [-0.15, -0.1) is 0 Å². The van der Waals surface area contributed by atoms with Crippen LogP contribution in [0.15, 0.2) is 24.3 Å². The fourth-order valence-electron chi connectivity index (χ4n) is 1.91. The van der Waals surface area contributed by atoms with E-state index in [1.54, 1.807) is 7.11 Å². The van der Waals surface area contributed by atoms with E-state index in [9.17, 15) is 0 Å². The van der Waals surface area contributed by atoms with Crippen molar-refractivity contribution in [3.8, 4) is 0 Å². The van der Waals surface area contributed by atoms with Gasteiger partial charge in [0.05, 0.1) is 12.1 Å². The summed E-state index contributed by atoms with van der Waals surface area (Å²) in [5, 5.41) is 4.56. The molecule has 0 radical (unpaired) electrons. The first kappa shape index (κ1) is 11.9. The second-order valence-electron chi connectivity index (χ2n) is 4.25. The van der Waals surface area contributed by atoms with Gasteiger partial charge in [-0.05, 0) is 32.0 Å². The number of hydrogen-bond donors (Lipinski definition) is 1. The van der Waals surface area contributed by atoms with Gasteiger partial charge >= 0.3 is 0 Å². The summed E-state index contributed by atoms with van der Waals surface area (Å²) in [6.45, 7) is 5.62. The lowest BCUT2D eigenvalue weighted by molar-refractivity contribution is 0.211. The molecule has 2 rings (SSSR count). The van der Waals surface area contributed by atoms with Gasteiger partial charge in [0.15, 0.2) is 0 Å². The molecule has 1 aromatic carbocycles. The van der Waals surface area contributed by atoms with Crippen LogP contribution in [0.3, 0.4) is 0 Å². The van der Waals surface area contributed by atoms with E-state index in [2.05, 4.69) is 41.5 Å². The molecule has 0 saturated heterocycles. The fourth-order valence-corrected chi connectivity index (χ4v) is 1.91. The van der Waals surface area contributed by atoms with Crippen molar-refractivity contribution in [1.82, 2.24) is 4.98 Å². The number of methoxy groups -OCH3 is 1. The molecule has 0 unspecified atom stereocenters. The molecule has 0 saturated carbocycles. The molecule has 0 aliphatic rings. The maximum Gasteiger partial charge on any atom is 0.0726 e. The predicted molar refractivity (Wildman–Crippen MR) is 71.6 cm³/mol. The molecule has 3 heteroatoms. The maximum absolute atomic E-state index is 5.05. The van der Waals surface area contributed by atoms with Gasteiger partial charge in [0.25, 0.3) is 0 Å². The zero-order chi connectivity index (χ0) is 12.3.